The number of fused-ring (bicyclic) bond motifs is 1. The zero-order valence-corrected chi connectivity index (χ0v) is 6.36. The molecule has 4 heteroatoms. The molecule has 0 aliphatic carbocycles. The molecule has 0 fully saturated rings. The average Bonchev–Trinajstić information content (AvgIpc) is 2.47. The van der Waals surface area contributed by atoms with Gasteiger partial charge in [0.15, 0.2) is 0 Å². The van der Waals surface area contributed by atoms with Crippen LogP contribution in [-0.2, 0) is 0 Å². The van der Waals surface area contributed by atoms with Gasteiger partial charge in [-0.25, -0.2) is 4.52 Å². The molecular formula is C8H8N4. The van der Waals surface area contributed by atoms with Crippen molar-refractivity contribution in [2.45, 2.75) is 0 Å². The van der Waals surface area contributed by atoms with Crippen LogP contribution in [0.5, 0.6) is 0 Å². The van der Waals surface area contributed by atoms with Crippen LogP contribution in [0.15, 0.2) is 30.6 Å². The lowest BCUT2D eigenvalue weighted by Gasteiger charge is -1.93. The van der Waals surface area contributed by atoms with Crippen LogP contribution in [0.3, 0.4) is 0 Å². The predicted octanol–water partition coefficient (Wildman–Crippen LogP) is 0.618. The van der Waals surface area contributed by atoms with Crippen molar-refractivity contribution < 1.29 is 0 Å². The Morgan fingerprint density at radius 1 is 1.50 bits per heavy atom. The molecule has 0 bridgehead atoms. The van der Waals surface area contributed by atoms with E-state index in [-0.39, 0.29) is 5.84 Å². The van der Waals surface area contributed by atoms with Crippen molar-refractivity contribution in [1.29, 1.82) is 5.41 Å². The second-order valence-corrected chi connectivity index (χ2v) is 2.50. The van der Waals surface area contributed by atoms with Gasteiger partial charge in [0, 0.05) is 6.20 Å². The predicted molar refractivity (Wildman–Crippen MR) is 46.2 cm³/mol. The minimum atomic E-state index is 0.0520. The van der Waals surface area contributed by atoms with Gasteiger partial charge in [0.1, 0.15) is 5.84 Å². The maximum Gasteiger partial charge on any atom is 0.126 e. The van der Waals surface area contributed by atoms with Crippen molar-refractivity contribution in [3.05, 3.63) is 36.2 Å². The smallest absolute Gasteiger partial charge is 0.126 e. The summed E-state index contributed by atoms with van der Waals surface area (Å²) in [6.45, 7) is 0. The van der Waals surface area contributed by atoms with Crippen molar-refractivity contribution in [1.82, 2.24) is 9.61 Å². The van der Waals surface area contributed by atoms with Gasteiger partial charge in [-0.1, -0.05) is 6.07 Å². The molecule has 0 saturated carbocycles. The normalized spacial score (nSPS) is 10.3. The first-order chi connectivity index (χ1) is 5.79. The fourth-order valence-electron chi connectivity index (χ4n) is 1.14. The summed E-state index contributed by atoms with van der Waals surface area (Å²) in [5, 5.41) is 11.3. The Hall–Kier alpha value is -1.84. The summed E-state index contributed by atoms with van der Waals surface area (Å²) < 4.78 is 1.69. The standard InChI is InChI=1S/C8H8N4/c9-8(10)6-5-11-12-4-2-1-3-7(6)12/h1-5H,(H3,9,10). The van der Waals surface area contributed by atoms with Crippen molar-refractivity contribution in [3.63, 3.8) is 0 Å². The molecule has 0 saturated heterocycles. The van der Waals surface area contributed by atoms with Gasteiger partial charge in [0.2, 0.25) is 0 Å². The van der Waals surface area contributed by atoms with Gasteiger partial charge in [0.25, 0.3) is 0 Å². The first kappa shape index (κ1) is 6.84. The van der Waals surface area contributed by atoms with Gasteiger partial charge >= 0.3 is 0 Å². The van der Waals surface area contributed by atoms with Crippen LogP contribution in [0.25, 0.3) is 5.52 Å². The zero-order chi connectivity index (χ0) is 8.55. The molecule has 0 aliphatic heterocycles. The highest BCUT2D eigenvalue weighted by Gasteiger charge is 2.03. The van der Waals surface area contributed by atoms with Crippen LogP contribution in [0.4, 0.5) is 0 Å². The maximum absolute atomic E-state index is 7.26. The Morgan fingerprint density at radius 3 is 3.08 bits per heavy atom. The Morgan fingerprint density at radius 2 is 2.33 bits per heavy atom. The molecule has 2 aromatic rings. The summed E-state index contributed by atoms with van der Waals surface area (Å²) in [6, 6.07) is 5.65. The number of pyridine rings is 1. The monoisotopic (exact) mass is 160 g/mol. The van der Waals surface area contributed by atoms with Crippen LogP contribution >= 0.6 is 0 Å². The quantitative estimate of drug-likeness (QED) is 0.474. The third kappa shape index (κ3) is 0.852. The molecular weight excluding hydrogens is 152 g/mol. The van der Waals surface area contributed by atoms with Crippen molar-refractivity contribution in [2.24, 2.45) is 5.73 Å². The van der Waals surface area contributed by atoms with Crippen molar-refractivity contribution in [3.8, 4) is 0 Å². The summed E-state index contributed by atoms with van der Waals surface area (Å²) in [5.41, 5.74) is 6.90. The Balaban J connectivity index is 2.79. The molecule has 0 radical (unpaired) electrons. The lowest BCUT2D eigenvalue weighted by atomic mass is 10.2. The number of aromatic nitrogens is 2. The summed E-state index contributed by atoms with van der Waals surface area (Å²) >= 11 is 0. The molecule has 2 heterocycles. The lowest BCUT2D eigenvalue weighted by Crippen LogP contribution is -2.10. The molecule has 0 amide bonds. The molecule has 0 atom stereocenters. The number of nitrogens with zero attached hydrogens (tertiary/aromatic N) is 2. The van der Waals surface area contributed by atoms with E-state index < -0.39 is 0 Å². The second-order valence-electron chi connectivity index (χ2n) is 2.50. The molecule has 3 N–H and O–H groups in total. The van der Waals surface area contributed by atoms with E-state index in [4.69, 9.17) is 11.1 Å². The number of nitrogens with two attached hydrogens (primary N) is 1. The second kappa shape index (κ2) is 2.34. The van der Waals surface area contributed by atoms with E-state index in [1.807, 2.05) is 24.4 Å². The fraction of sp³-hybridized carbons (Fsp3) is 0. The number of nitrogens with one attached hydrogen (secondary N) is 1. The largest absolute Gasteiger partial charge is 0.384 e. The lowest BCUT2D eigenvalue weighted by molar-refractivity contribution is 0.961. The Bertz CT molecular complexity index is 429. The highest BCUT2D eigenvalue weighted by molar-refractivity contribution is 6.01. The van der Waals surface area contributed by atoms with Gasteiger partial charge in [-0.3, -0.25) is 5.41 Å². The number of amidine groups is 1. The number of hydrogen-bond acceptors (Lipinski definition) is 2. The summed E-state index contributed by atoms with van der Waals surface area (Å²) in [4.78, 5) is 0. The molecule has 4 nitrogen and oxygen atoms in total. The number of rotatable bonds is 1. The maximum atomic E-state index is 7.26. The van der Waals surface area contributed by atoms with E-state index in [0.29, 0.717) is 5.56 Å². The number of hydrogen-bond donors (Lipinski definition) is 2. The number of nitrogen functional groups attached to an aromatic ring is 1. The third-order valence-electron chi connectivity index (χ3n) is 1.72. The molecule has 0 spiro atoms. The van der Waals surface area contributed by atoms with Crippen molar-refractivity contribution in [2.75, 3.05) is 0 Å². The third-order valence-corrected chi connectivity index (χ3v) is 1.72. The highest BCUT2D eigenvalue weighted by Crippen LogP contribution is 2.07. The minimum absolute atomic E-state index is 0.0520. The van der Waals surface area contributed by atoms with Gasteiger partial charge in [-0.2, -0.15) is 5.10 Å². The van der Waals surface area contributed by atoms with Crippen LogP contribution < -0.4 is 5.73 Å². The zero-order valence-electron chi connectivity index (χ0n) is 6.36. The van der Waals surface area contributed by atoms with Crippen LogP contribution in [0.2, 0.25) is 0 Å². The van der Waals surface area contributed by atoms with Crippen LogP contribution in [-0.4, -0.2) is 15.4 Å². The molecule has 0 unspecified atom stereocenters. The van der Waals surface area contributed by atoms with Crippen molar-refractivity contribution >= 4 is 11.4 Å². The van der Waals surface area contributed by atoms with E-state index in [1.165, 1.54) is 0 Å². The van der Waals surface area contributed by atoms with Crippen LogP contribution in [0, 0.1) is 5.41 Å². The van der Waals surface area contributed by atoms with Crippen LogP contribution in [0.1, 0.15) is 5.56 Å². The first-order valence-electron chi connectivity index (χ1n) is 3.56. The van der Waals surface area contributed by atoms with E-state index in [2.05, 4.69) is 5.10 Å². The first-order valence-corrected chi connectivity index (χ1v) is 3.56. The van der Waals surface area contributed by atoms with E-state index in [9.17, 15) is 0 Å². The molecule has 2 rings (SSSR count). The Labute approximate surface area is 69.1 Å². The summed E-state index contributed by atoms with van der Waals surface area (Å²) in [7, 11) is 0. The summed E-state index contributed by atoms with van der Waals surface area (Å²) in [5.74, 6) is 0.0520. The van der Waals surface area contributed by atoms with Gasteiger partial charge in [-0.15, -0.1) is 0 Å². The topological polar surface area (TPSA) is 67.2 Å². The summed E-state index contributed by atoms with van der Waals surface area (Å²) in [6.07, 6.45) is 3.42. The molecule has 0 aliphatic rings. The SMILES string of the molecule is N=C(N)c1cnn2ccccc12. The highest BCUT2D eigenvalue weighted by atomic mass is 15.2. The van der Waals surface area contributed by atoms with E-state index >= 15 is 0 Å². The Kier molecular flexibility index (Phi) is 1.33. The minimum Gasteiger partial charge on any atom is -0.384 e. The van der Waals surface area contributed by atoms with Gasteiger partial charge < -0.3 is 5.73 Å². The molecule has 12 heavy (non-hydrogen) atoms. The fourth-order valence-corrected chi connectivity index (χ4v) is 1.14. The molecule has 2 aromatic heterocycles. The molecule has 0 aromatic carbocycles. The van der Waals surface area contributed by atoms with E-state index in [1.54, 1.807) is 10.7 Å². The van der Waals surface area contributed by atoms with Gasteiger partial charge in [0.05, 0.1) is 17.3 Å². The van der Waals surface area contributed by atoms with Gasteiger partial charge in [-0.05, 0) is 12.1 Å². The van der Waals surface area contributed by atoms with E-state index in [0.717, 1.165) is 5.52 Å². The molecule has 60 valence electrons. The average molecular weight is 160 g/mol.